The van der Waals surface area contributed by atoms with E-state index in [1.54, 1.807) is 0 Å². The van der Waals surface area contributed by atoms with E-state index in [2.05, 4.69) is 15.5 Å². The van der Waals surface area contributed by atoms with Gasteiger partial charge in [-0.1, -0.05) is 37.3 Å². The smallest absolute Gasteiger partial charge is 0.407 e. The number of carbonyl (C=O) groups excluding carboxylic acids is 1. The van der Waals surface area contributed by atoms with E-state index in [1.807, 2.05) is 4.90 Å². The van der Waals surface area contributed by atoms with Gasteiger partial charge in [0.15, 0.2) is 0 Å². The van der Waals surface area contributed by atoms with E-state index in [0.717, 1.165) is 12.3 Å². The number of H-pyrrole nitrogens is 1. The third-order valence-electron chi connectivity index (χ3n) is 4.83. The van der Waals surface area contributed by atoms with Crippen LogP contribution in [-0.2, 0) is 4.74 Å². The van der Waals surface area contributed by atoms with Crippen LogP contribution in [0.2, 0.25) is 5.02 Å². The summed E-state index contributed by atoms with van der Waals surface area (Å²) in [5.41, 5.74) is 0.163. The van der Waals surface area contributed by atoms with Gasteiger partial charge in [0.05, 0.1) is 18.4 Å². The van der Waals surface area contributed by atoms with Crippen molar-refractivity contribution in [3.8, 4) is 0 Å². The van der Waals surface area contributed by atoms with Crippen LogP contribution in [0.25, 0.3) is 0 Å². The fourth-order valence-corrected chi connectivity index (χ4v) is 3.72. The van der Waals surface area contributed by atoms with E-state index in [4.69, 9.17) is 16.3 Å². The van der Waals surface area contributed by atoms with Crippen LogP contribution in [0.1, 0.15) is 38.5 Å². The zero-order valence-electron chi connectivity index (χ0n) is 13.6. The van der Waals surface area contributed by atoms with Gasteiger partial charge < -0.3 is 15.0 Å². The second kappa shape index (κ2) is 7.88. The highest BCUT2D eigenvalue weighted by atomic mass is 35.5. The van der Waals surface area contributed by atoms with Crippen molar-refractivity contribution in [1.82, 2.24) is 15.5 Å². The van der Waals surface area contributed by atoms with Crippen molar-refractivity contribution in [3.63, 3.8) is 0 Å². The van der Waals surface area contributed by atoms with E-state index in [1.165, 1.54) is 31.9 Å². The Labute approximate surface area is 145 Å². The van der Waals surface area contributed by atoms with Gasteiger partial charge >= 0.3 is 6.09 Å². The Hall–Kier alpha value is -1.76. The number of hydrogen-bond acceptors (Lipinski definition) is 5. The minimum absolute atomic E-state index is 0.117. The van der Waals surface area contributed by atoms with Gasteiger partial charge in [0.2, 0.25) is 0 Å². The molecule has 1 atom stereocenters. The molecule has 2 heterocycles. The molecule has 1 amide bonds. The van der Waals surface area contributed by atoms with Crippen molar-refractivity contribution in [2.24, 2.45) is 5.92 Å². The highest BCUT2D eigenvalue weighted by Gasteiger charge is 2.28. The monoisotopic (exact) mass is 354 g/mol. The molecule has 0 bridgehead atoms. The molecule has 1 saturated heterocycles. The molecule has 7 nitrogen and oxygen atoms in total. The number of aromatic amines is 1. The number of nitrogens with one attached hydrogen (secondary N) is 2. The Morgan fingerprint density at radius 1 is 1.42 bits per heavy atom. The summed E-state index contributed by atoms with van der Waals surface area (Å²) in [6.07, 6.45) is 7.87. The number of halogens is 1. The maximum absolute atomic E-state index is 11.9. The molecule has 24 heavy (non-hydrogen) atoms. The molecule has 1 aliphatic heterocycles. The zero-order valence-corrected chi connectivity index (χ0v) is 14.3. The summed E-state index contributed by atoms with van der Waals surface area (Å²) >= 11 is 6.01. The van der Waals surface area contributed by atoms with Crippen LogP contribution in [0.15, 0.2) is 11.0 Å². The number of amides is 1. The van der Waals surface area contributed by atoms with Gasteiger partial charge in [-0.05, 0) is 12.3 Å². The quantitative estimate of drug-likeness (QED) is 0.847. The number of alkyl carbamates (subject to hydrolysis) is 1. The van der Waals surface area contributed by atoms with Crippen LogP contribution in [0.3, 0.4) is 0 Å². The summed E-state index contributed by atoms with van der Waals surface area (Å²) in [7, 11) is 0. The first kappa shape index (κ1) is 17.1. The topological polar surface area (TPSA) is 87.3 Å². The second-order valence-electron chi connectivity index (χ2n) is 6.53. The number of rotatable bonds is 5. The number of anilines is 1. The van der Waals surface area contributed by atoms with E-state index >= 15 is 0 Å². The number of ether oxygens (including phenoxy) is 1. The number of hydrogen-bond donors (Lipinski definition) is 2. The Morgan fingerprint density at radius 3 is 3.00 bits per heavy atom. The van der Waals surface area contributed by atoms with Crippen molar-refractivity contribution in [2.75, 3.05) is 24.5 Å². The Kier molecular flexibility index (Phi) is 5.60. The van der Waals surface area contributed by atoms with Gasteiger partial charge in [-0.3, -0.25) is 4.79 Å². The van der Waals surface area contributed by atoms with Gasteiger partial charge in [-0.25, -0.2) is 9.89 Å². The van der Waals surface area contributed by atoms with Gasteiger partial charge in [0.25, 0.3) is 5.56 Å². The van der Waals surface area contributed by atoms with Crippen molar-refractivity contribution < 1.29 is 9.53 Å². The molecule has 2 N–H and O–H groups in total. The number of nitrogens with zero attached hydrogens (tertiary/aromatic N) is 2. The molecule has 1 aromatic rings. The SMILES string of the molecule is O=C(NCCC1CCCC1)O[C@@H]1CCN(c2cn[nH]c(=O)c2Cl)C1. The van der Waals surface area contributed by atoms with Gasteiger partial charge in [-0.2, -0.15) is 5.10 Å². The molecule has 132 valence electrons. The first-order valence-electron chi connectivity index (χ1n) is 8.56. The van der Waals surface area contributed by atoms with Crippen molar-refractivity contribution in [2.45, 2.75) is 44.6 Å². The summed E-state index contributed by atoms with van der Waals surface area (Å²) in [5, 5.41) is 9.02. The summed E-state index contributed by atoms with van der Waals surface area (Å²) in [4.78, 5) is 25.3. The van der Waals surface area contributed by atoms with Crippen LogP contribution >= 0.6 is 11.6 Å². The highest BCUT2D eigenvalue weighted by Crippen LogP contribution is 2.27. The molecular weight excluding hydrogens is 332 g/mol. The third-order valence-corrected chi connectivity index (χ3v) is 5.20. The van der Waals surface area contributed by atoms with E-state index < -0.39 is 5.56 Å². The van der Waals surface area contributed by atoms with E-state index in [-0.39, 0.29) is 17.2 Å². The van der Waals surface area contributed by atoms with E-state index in [0.29, 0.717) is 31.7 Å². The average molecular weight is 355 g/mol. The molecule has 0 aromatic carbocycles. The number of carbonyl (C=O) groups is 1. The standard InChI is InChI=1S/C16H23ClN4O3/c17-14-13(9-19-20-15(14)22)21-8-6-12(10-21)24-16(23)18-7-5-11-3-1-2-4-11/h9,11-12H,1-8,10H2,(H,18,23)(H,20,22)/t12-/m1/s1. The van der Waals surface area contributed by atoms with Crippen LogP contribution in [-0.4, -0.2) is 42.0 Å². The fourth-order valence-electron chi connectivity index (χ4n) is 3.51. The molecule has 0 radical (unpaired) electrons. The van der Waals surface area contributed by atoms with Crippen LogP contribution in [0.5, 0.6) is 0 Å². The summed E-state index contributed by atoms with van der Waals surface area (Å²) in [6, 6.07) is 0. The fraction of sp³-hybridized carbons (Fsp3) is 0.688. The molecule has 1 saturated carbocycles. The molecule has 3 rings (SSSR count). The van der Waals surface area contributed by atoms with Crippen LogP contribution in [0, 0.1) is 5.92 Å². The lowest BCUT2D eigenvalue weighted by Crippen LogP contribution is -2.32. The predicted molar refractivity (Wildman–Crippen MR) is 91.5 cm³/mol. The number of aromatic nitrogens is 2. The Morgan fingerprint density at radius 2 is 2.21 bits per heavy atom. The summed E-state index contributed by atoms with van der Waals surface area (Å²) in [5.74, 6) is 0.748. The third kappa shape index (κ3) is 4.20. The Balaban J connectivity index is 1.43. The Bertz CT molecular complexity index is 630. The lowest BCUT2D eigenvalue weighted by atomic mass is 10.0. The largest absolute Gasteiger partial charge is 0.444 e. The summed E-state index contributed by atoms with van der Waals surface area (Å²) in [6.45, 7) is 1.86. The second-order valence-corrected chi connectivity index (χ2v) is 6.90. The van der Waals surface area contributed by atoms with E-state index in [9.17, 15) is 9.59 Å². The first-order chi connectivity index (χ1) is 11.6. The molecule has 0 unspecified atom stereocenters. The predicted octanol–water partition coefficient (Wildman–Crippen LogP) is 2.31. The maximum Gasteiger partial charge on any atom is 0.407 e. The minimum Gasteiger partial charge on any atom is -0.444 e. The molecule has 8 heteroatoms. The minimum atomic E-state index is -0.414. The molecule has 1 aliphatic carbocycles. The first-order valence-corrected chi connectivity index (χ1v) is 8.94. The van der Waals surface area contributed by atoms with Crippen molar-refractivity contribution in [3.05, 3.63) is 21.6 Å². The molecular formula is C16H23ClN4O3. The van der Waals surface area contributed by atoms with Crippen LogP contribution < -0.4 is 15.8 Å². The van der Waals surface area contributed by atoms with Gasteiger partial charge in [0, 0.05) is 19.5 Å². The highest BCUT2D eigenvalue weighted by molar-refractivity contribution is 6.33. The maximum atomic E-state index is 11.9. The molecule has 2 fully saturated rings. The zero-order chi connectivity index (χ0) is 16.9. The van der Waals surface area contributed by atoms with Gasteiger partial charge in [-0.15, -0.1) is 0 Å². The van der Waals surface area contributed by atoms with Crippen LogP contribution in [0.4, 0.5) is 10.5 Å². The molecule has 2 aliphatic rings. The lowest BCUT2D eigenvalue weighted by Gasteiger charge is -2.19. The lowest BCUT2D eigenvalue weighted by molar-refractivity contribution is 0.108. The average Bonchev–Trinajstić information content (AvgIpc) is 3.22. The summed E-state index contributed by atoms with van der Waals surface area (Å²) < 4.78 is 5.46. The van der Waals surface area contributed by atoms with Gasteiger partial charge in [0.1, 0.15) is 11.1 Å². The normalized spacial score (nSPS) is 21.2. The molecule has 1 aromatic heterocycles. The van der Waals surface area contributed by atoms with Crippen molar-refractivity contribution >= 4 is 23.4 Å². The van der Waals surface area contributed by atoms with Crippen molar-refractivity contribution in [1.29, 1.82) is 0 Å². The molecule has 0 spiro atoms.